The molecule has 0 atom stereocenters. The normalized spacial score (nSPS) is 16.9. The summed E-state index contributed by atoms with van der Waals surface area (Å²) < 4.78 is 5.67. The Balaban J connectivity index is 1.95. The predicted molar refractivity (Wildman–Crippen MR) is 59.2 cm³/mol. The molecule has 0 aromatic carbocycles. The predicted octanol–water partition coefficient (Wildman–Crippen LogP) is 3.01. The summed E-state index contributed by atoms with van der Waals surface area (Å²) in [4.78, 5) is 7.98. The molecular formula is C11H15ClN2O. The van der Waals surface area contributed by atoms with Gasteiger partial charge in [0.2, 0.25) is 5.88 Å². The minimum absolute atomic E-state index is 0.478. The summed E-state index contributed by atoms with van der Waals surface area (Å²) in [5.41, 5.74) is 0.831. The van der Waals surface area contributed by atoms with E-state index >= 15 is 0 Å². The van der Waals surface area contributed by atoms with E-state index in [2.05, 4.69) is 9.97 Å². The molecule has 0 N–H and O–H groups in total. The zero-order valence-corrected chi connectivity index (χ0v) is 9.63. The maximum atomic E-state index is 5.88. The highest BCUT2D eigenvalue weighted by molar-refractivity contribution is 6.30. The molecule has 0 bridgehead atoms. The minimum Gasteiger partial charge on any atom is -0.477 e. The highest BCUT2D eigenvalue weighted by atomic mass is 35.5. The lowest BCUT2D eigenvalue weighted by Crippen LogP contribution is -2.10. The molecule has 15 heavy (non-hydrogen) atoms. The first-order valence-corrected chi connectivity index (χ1v) is 5.75. The Morgan fingerprint density at radius 3 is 2.87 bits per heavy atom. The van der Waals surface area contributed by atoms with Crippen LogP contribution in [-0.4, -0.2) is 16.6 Å². The Hall–Kier alpha value is -0.830. The van der Waals surface area contributed by atoms with Crippen LogP contribution in [0, 0.1) is 12.8 Å². The van der Waals surface area contributed by atoms with Crippen molar-refractivity contribution < 1.29 is 4.74 Å². The average Bonchev–Trinajstić information content (AvgIpc) is 2.73. The van der Waals surface area contributed by atoms with E-state index in [1.54, 1.807) is 0 Å². The van der Waals surface area contributed by atoms with Gasteiger partial charge in [-0.1, -0.05) is 24.4 Å². The van der Waals surface area contributed by atoms with Gasteiger partial charge in [-0.2, -0.15) is 0 Å². The van der Waals surface area contributed by atoms with E-state index < -0.39 is 0 Å². The fourth-order valence-corrected chi connectivity index (χ4v) is 2.06. The van der Waals surface area contributed by atoms with Gasteiger partial charge in [0.05, 0.1) is 6.61 Å². The Morgan fingerprint density at radius 2 is 2.13 bits per heavy atom. The van der Waals surface area contributed by atoms with Crippen LogP contribution < -0.4 is 4.74 Å². The van der Waals surface area contributed by atoms with E-state index in [-0.39, 0.29) is 0 Å². The third-order valence-corrected chi connectivity index (χ3v) is 3.29. The van der Waals surface area contributed by atoms with Crippen LogP contribution >= 0.6 is 11.6 Å². The van der Waals surface area contributed by atoms with Crippen LogP contribution in [0.1, 0.15) is 31.2 Å². The van der Waals surface area contributed by atoms with Gasteiger partial charge in [0.1, 0.15) is 11.5 Å². The van der Waals surface area contributed by atoms with E-state index in [9.17, 15) is 0 Å². The number of nitrogens with zero attached hydrogens (tertiary/aromatic N) is 2. The van der Waals surface area contributed by atoms with Crippen molar-refractivity contribution in [1.29, 1.82) is 0 Å². The largest absolute Gasteiger partial charge is 0.477 e. The molecule has 1 aromatic heterocycles. The lowest BCUT2D eigenvalue weighted by Gasteiger charge is -2.12. The van der Waals surface area contributed by atoms with Gasteiger partial charge in [-0.25, -0.2) is 9.97 Å². The molecule has 0 amide bonds. The number of hydrogen-bond donors (Lipinski definition) is 0. The zero-order chi connectivity index (χ0) is 10.7. The number of aromatic nitrogens is 2. The van der Waals surface area contributed by atoms with Crippen molar-refractivity contribution in [3.05, 3.63) is 17.0 Å². The van der Waals surface area contributed by atoms with Crippen LogP contribution in [0.25, 0.3) is 0 Å². The van der Waals surface area contributed by atoms with E-state index in [4.69, 9.17) is 16.3 Å². The van der Waals surface area contributed by atoms with Crippen LogP contribution in [0.3, 0.4) is 0 Å². The molecule has 1 fully saturated rings. The van der Waals surface area contributed by atoms with Crippen LogP contribution in [0.15, 0.2) is 6.33 Å². The van der Waals surface area contributed by atoms with Crippen molar-refractivity contribution in [2.75, 3.05) is 6.61 Å². The summed E-state index contributed by atoms with van der Waals surface area (Å²) in [7, 11) is 0. The molecule has 4 heteroatoms. The van der Waals surface area contributed by atoms with Crippen molar-refractivity contribution in [3.63, 3.8) is 0 Å². The first-order chi connectivity index (χ1) is 7.27. The van der Waals surface area contributed by atoms with Crippen molar-refractivity contribution in [2.24, 2.45) is 5.92 Å². The number of halogens is 1. The Labute approximate surface area is 94.8 Å². The van der Waals surface area contributed by atoms with Gasteiger partial charge in [-0.3, -0.25) is 0 Å². The lowest BCUT2D eigenvalue weighted by molar-refractivity contribution is 0.241. The molecule has 0 saturated heterocycles. The Bertz CT molecular complexity index is 337. The van der Waals surface area contributed by atoms with Crippen LogP contribution in [0.2, 0.25) is 5.15 Å². The van der Waals surface area contributed by atoms with E-state index in [0.717, 1.165) is 12.2 Å². The standard InChI is InChI=1S/C11H15ClN2O/c1-8-10(12)13-7-14-11(8)15-6-9-4-2-3-5-9/h7,9H,2-6H2,1H3. The first-order valence-electron chi connectivity index (χ1n) is 5.37. The first kappa shape index (κ1) is 10.7. The number of rotatable bonds is 3. The van der Waals surface area contributed by atoms with E-state index in [0.29, 0.717) is 17.0 Å². The molecule has 1 heterocycles. The van der Waals surface area contributed by atoms with Gasteiger partial charge in [0.25, 0.3) is 0 Å². The molecule has 1 aliphatic carbocycles. The topological polar surface area (TPSA) is 35.0 Å². The second-order valence-electron chi connectivity index (χ2n) is 4.06. The molecule has 1 aromatic rings. The van der Waals surface area contributed by atoms with Gasteiger partial charge in [-0.15, -0.1) is 0 Å². The lowest BCUT2D eigenvalue weighted by atomic mass is 10.1. The van der Waals surface area contributed by atoms with Gasteiger partial charge in [-0.05, 0) is 25.7 Å². The molecule has 0 unspecified atom stereocenters. The summed E-state index contributed by atoms with van der Waals surface area (Å²) in [6.45, 7) is 2.64. The minimum atomic E-state index is 0.478. The van der Waals surface area contributed by atoms with Crippen molar-refractivity contribution >= 4 is 11.6 Å². The Kier molecular flexibility index (Phi) is 3.41. The SMILES string of the molecule is Cc1c(Cl)ncnc1OCC1CCCC1. The van der Waals surface area contributed by atoms with Crippen LogP contribution in [0.4, 0.5) is 0 Å². The smallest absolute Gasteiger partial charge is 0.220 e. The third kappa shape index (κ3) is 2.59. The highest BCUT2D eigenvalue weighted by Gasteiger charge is 2.16. The highest BCUT2D eigenvalue weighted by Crippen LogP contribution is 2.26. The fraction of sp³-hybridized carbons (Fsp3) is 0.636. The molecule has 0 aliphatic heterocycles. The molecule has 1 aliphatic rings. The zero-order valence-electron chi connectivity index (χ0n) is 8.87. The van der Waals surface area contributed by atoms with E-state index in [1.807, 2.05) is 6.92 Å². The van der Waals surface area contributed by atoms with Crippen molar-refractivity contribution in [1.82, 2.24) is 9.97 Å². The maximum Gasteiger partial charge on any atom is 0.220 e. The summed E-state index contributed by atoms with van der Waals surface area (Å²) in [5, 5.41) is 0.478. The second kappa shape index (κ2) is 4.79. The van der Waals surface area contributed by atoms with Crippen LogP contribution in [-0.2, 0) is 0 Å². The van der Waals surface area contributed by atoms with Crippen LogP contribution in [0.5, 0.6) is 5.88 Å². The number of ether oxygens (including phenoxy) is 1. The maximum absolute atomic E-state index is 5.88. The summed E-state index contributed by atoms with van der Waals surface area (Å²) in [6.07, 6.45) is 6.66. The molecule has 1 saturated carbocycles. The molecule has 3 nitrogen and oxygen atoms in total. The average molecular weight is 227 g/mol. The summed E-state index contributed by atoms with van der Waals surface area (Å²) in [6, 6.07) is 0. The van der Waals surface area contributed by atoms with Crippen molar-refractivity contribution in [2.45, 2.75) is 32.6 Å². The van der Waals surface area contributed by atoms with E-state index in [1.165, 1.54) is 32.0 Å². The summed E-state index contributed by atoms with van der Waals surface area (Å²) >= 11 is 5.88. The quantitative estimate of drug-likeness (QED) is 0.744. The molecule has 82 valence electrons. The third-order valence-electron chi connectivity index (χ3n) is 2.91. The number of hydrogen-bond acceptors (Lipinski definition) is 3. The molecule has 2 rings (SSSR count). The molecule has 0 spiro atoms. The van der Waals surface area contributed by atoms with Gasteiger partial charge in [0, 0.05) is 5.56 Å². The molecular weight excluding hydrogens is 212 g/mol. The van der Waals surface area contributed by atoms with Gasteiger partial charge >= 0.3 is 0 Å². The van der Waals surface area contributed by atoms with Gasteiger partial charge < -0.3 is 4.74 Å². The monoisotopic (exact) mass is 226 g/mol. The summed E-state index contributed by atoms with van der Waals surface area (Å²) in [5.74, 6) is 1.32. The Morgan fingerprint density at radius 1 is 1.40 bits per heavy atom. The van der Waals surface area contributed by atoms with Crippen molar-refractivity contribution in [3.8, 4) is 5.88 Å². The second-order valence-corrected chi connectivity index (χ2v) is 4.41. The fourth-order valence-electron chi connectivity index (χ4n) is 1.93. The molecule has 0 radical (unpaired) electrons. The van der Waals surface area contributed by atoms with Gasteiger partial charge in [0.15, 0.2) is 0 Å².